The van der Waals surface area contributed by atoms with Crippen LogP contribution in [0.2, 0.25) is 0 Å². The van der Waals surface area contributed by atoms with Gasteiger partial charge in [-0.25, -0.2) is 0 Å². The lowest BCUT2D eigenvalue weighted by molar-refractivity contribution is -0.113. The summed E-state index contributed by atoms with van der Waals surface area (Å²) < 4.78 is 7.89. The van der Waals surface area contributed by atoms with Crippen molar-refractivity contribution in [1.82, 2.24) is 14.8 Å². The first kappa shape index (κ1) is 19.9. The number of carbonyl (C=O) groups is 1. The minimum atomic E-state index is -0.257. The molecule has 0 radical (unpaired) electrons. The first-order chi connectivity index (χ1) is 13.4. The molecule has 0 bridgehead atoms. The molecule has 1 unspecified atom stereocenters. The van der Waals surface area contributed by atoms with Crippen molar-refractivity contribution in [3.63, 3.8) is 0 Å². The highest BCUT2D eigenvalue weighted by molar-refractivity contribution is 7.99. The Morgan fingerprint density at radius 1 is 1.14 bits per heavy atom. The first-order valence-electron chi connectivity index (χ1n) is 9.05. The molecular weight excluding hydrogens is 372 g/mol. The number of hydrogen-bond donors (Lipinski definition) is 1. The fourth-order valence-corrected chi connectivity index (χ4v) is 3.42. The lowest BCUT2D eigenvalue weighted by Crippen LogP contribution is -2.14. The third-order valence-electron chi connectivity index (χ3n) is 4.41. The molecule has 146 valence electrons. The Labute approximate surface area is 169 Å². The van der Waals surface area contributed by atoms with E-state index in [-0.39, 0.29) is 17.8 Å². The summed E-state index contributed by atoms with van der Waals surface area (Å²) >= 11 is 1.35. The molecule has 6 nitrogen and oxygen atoms in total. The average Bonchev–Trinajstić information content (AvgIpc) is 3.04. The second-order valence-corrected chi connectivity index (χ2v) is 7.55. The molecular formula is C21H24N4O2S. The molecule has 1 atom stereocenters. The van der Waals surface area contributed by atoms with Gasteiger partial charge in [-0.2, -0.15) is 0 Å². The van der Waals surface area contributed by atoms with Crippen molar-refractivity contribution >= 4 is 23.4 Å². The molecule has 1 heterocycles. The van der Waals surface area contributed by atoms with Crippen molar-refractivity contribution < 1.29 is 9.53 Å². The van der Waals surface area contributed by atoms with Gasteiger partial charge in [0.2, 0.25) is 5.91 Å². The van der Waals surface area contributed by atoms with Gasteiger partial charge in [0.25, 0.3) is 0 Å². The van der Waals surface area contributed by atoms with Gasteiger partial charge in [0.05, 0.1) is 5.75 Å². The van der Waals surface area contributed by atoms with Crippen LogP contribution in [0.1, 0.15) is 30.0 Å². The van der Waals surface area contributed by atoms with Crippen LogP contribution in [0, 0.1) is 13.8 Å². The van der Waals surface area contributed by atoms with Gasteiger partial charge in [0.1, 0.15) is 5.75 Å². The number of hydrogen-bond acceptors (Lipinski definition) is 5. The maximum Gasteiger partial charge on any atom is 0.234 e. The minimum Gasteiger partial charge on any atom is -0.483 e. The van der Waals surface area contributed by atoms with E-state index in [1.807, 2.05) is 67.1 Å². The van der Waals surface area contributed by atoms with Crippen LogP contribution in [0.15, 0.2) is 53.7 Å². The van der Waals surface area contributed by atoms with E-state index in [2.05, 4.69) is 29.4 Å². The van der Waals surface area contributed by atoms with E-state index in [0.717, 1.165) is 11.4 Å². The van der Waals surface area contributed by atoms with Gasteiger partial charge in [-0.1, -0.05) is 36.0 Å². The highest BCUT2D eigenvalue weighted by Crippen LogP contribution is 2.25. The lowest BCUT2D eigenvalue weighted by atomic mass is 10.1. The van der Waals surface area contributed by atoms with E-state index in [9.17, 15) is 4.79 Å². The molecule has 1 N–H and O–H groups in total. The molecule has 0 spiro atoms. The third-order valence-corrected chi connectivity index (χ3v) is 5.43. The largest absolute Gasteiger partial charge is 0.483 e. The fourth-order valence-electron chi connectivity index (χ4n) is 2.70. The van der Waals surface area contributed by atoms with Gasteiger partial charge in [-0.3, -0.25) is 4.79 Å². The van der Waals surface area contributed by atoms with Gasteiger partial charge in [-0.15, -0.1) is 10.2 Å². The van der Waals surface area contributed by atoms with Gasteiger partial charge >= 0.3 is 0 Å². The lowest BCUT2D eigenvalue weighted by Gasteiger charge is -2.15. The summed E-state index contributed by atoms with van der Waals surface area (Å²) in [6.45, 7) is 6.07. The number of carbonyl (C=O) groups excluding carboxylic acids is 1. The number of ether oxygens (including phenoxy) is 1. The highest BCUT2D eigenvalue weighted by atomic mass is 32.2. The van der Waals surface area contributed by atoms with E-state index in [1.54, 1.807) is 0 Å². The van der Waals surface area contributed by atoms with Crippen LogP contribution in [0.5, 0.6) is 5.75 Å². The van der Waals surface area contributed by atoms with Crippen molar-refractivity contribution in [3.8, 4) is 5.75 Å². The van der Waals surface area contributed by atoms with Crippen LogP contribution in [-0.4, -0.2) is 26.4 Å². The normalized spacial score (nSPS) is 11.9. The Morgan fingerprint density at radius 2 is 1.89 bits per heavy atom. The number of aromatic nitrogens is 3. The van der Waals surface area contributed by atoms with Crippen molar-refractivity contribution in [2.24, 2.45) is 7.05 Å². The summed E-state index contributed by atoms with van der Waals surface area (Å²) in [7, 11) is 1.88. The molecule has 0 aliphatic heterocycles. The molecule has 3 rings (SSSR count). The van der Waals surface area contributed by atoms with Crippen molar-refractivity contribution in [1.29, 1.82) is 0 Å². The highest BCUT2D eigenvalue weighted by Gasteiger charge is 2.18. The molecule has 0 fully saturated rings. The van der Waals surface area contributed by atoms with Gasteiger partial charge in [-0.05, 0) is 56.2 Å². The molecule has 28 heavy (non-hydrogen) atoms. The zero-order chi connectivity index (χ0) is 20.1. The number of nitrogens with one attached hydrogen (secondary N) is 1. The van der Waals surface area contributed by atoms with Crippen LogP contribution in [0.3, 0.4) is 0 Å². The number of amides is 1. The van der Waals surface area contributed by atoms with Crippen LogP contribution in [-0.2, 0) is 11.8 Å². The monoisotopic (exact) mass is 396 g/mol. The zero-order valence-corrected chi connectivity index (χ0v) is 17.3. The molecule has 0 aliphatic carbocycles. The number of nitrogens with zero attached hydrogens (tertiary/aromatic N) is 3. The SMILES string of the molecule is Cc1ccc(OC(C)c2nnc(SCC(=O)Nc3ccccc3)n2C)cc1C. The zero-order valence-electron chi connectivity index (χ0n) is 16.5. The molecule has 7 heteroatoms. The fraction of sp³-hybridized carbons (Fsp3) is 0.286. The Kier molecular flexibility index (Phi) is 6.36. The molecule has 1 aromatic heterocycles. The van der Waals surface area contributed by atoms with Crippen molar-refractivity contribution in [2.45, 2.75) is 32.0 Å². The average molecular weight is 397 g/mol. The second kappa shape index (κ2) is 8.93. The van der Waals surface area contributed by atoms with E-state index in [1.165, 1.54) is 22.9 Å². The topological polar surface area (TPSA) is 69.0 Å². The summed E-state index contributed by atoms with van der Waals surface area (Å²) in [5.74, 6) is 1.69. The van der Waals surface area contributed by atoms with Gasteiger partial charge in [0, 0.05) is 12.7 Å². The first-order valence-corrected chi connectivity index (χ1v) is 10.0. The smallest absolute Gasteiger partial charge is 0.234 e. The van der Waals surface area contributed by atoms with E-state index < -0.39 is 0 Å². The molecule has 0 aliphatic rings. The number of para-hydroxylation sites is 1. The molecule has 2 aromatic carbocycles. The number of anilines is 1. The number of benzene rings is 2. The van der Waals surface area contributed by atoms with Crippen LogP contribution >= 0.6 is 11.8 Å². The summed E-state index contributed by atoms with van der Waals surface area (Å²) in [4.78, 5) is 12.1. The summed E-state index contributed by atoms with van der Waals surface area (Å²) in [5, 5.41) is 12.0. The molecule has 3 aromatic rings. The predicted octanol–water partition coefficient (Wildman–Crippen LogP) is 4.30. The number of aryl methyl sites for hydroxylation is 2. The standard InChI is InChI=1S/C21H24N4O2S/c1-14-10-11-18(12-15(14)2)27-16(3)20-23-24-21(25(20)4)28-13-19(26)22-17-8-6-5-7-9-17/h5-12,16H,13H2,1-4H3,(H,22,26). The Balaban J connectivity index is 1.59. The van der Waals surface area contributed by atoms with Gasteiger partial charge in [0.15, 0.2) is 17.1 Å². The van der Waals surface area contributed by atoms with Crippen LogP contribution in [0.4, 0.5) is 5.69 Å². The second-order valence-electron chi connectivity index (χ2n) is 6.61. The molecule has 1 amide bonds. The minimum absolute atomic E-state index is 0.0832. The van der Waals surface area contributed by atoms with Crippen LogP contribution < -0.4 is 10.1 Å². The van der Waals surface area contributed by atoms with Crippen molar-refractivity contribution in [2.75, 3.05) is 11.1 Å². The maximum atomic E-state index is 12.1. The van der Waals surface area contributed by atoms with Gasteiger partial charge < -0.3 is 14.6 Å². The molecule has 0 saturated heterocycles. The number of rotatable bonds is 7. The Morgan fingerprint density at radius 3 is 2.61 bits per heavy atom. The predicted molar refractivity (Wildman–Crippen MR) is 112 cm³/mol. The van der Waals surface area contributed by atoms with E-state index in [0.29, 0.717) is 11.0 Å². The summed E-state index contributed by atoms with van der Waals surface area (Å²) in [5.41, 5.74) is 3.19. The van der Waals surface area contributed by atoms with E-state index >= 15 is 0 Å². The third kappa shape index (κ3) is 4.92. The Bertz CT molecular complexity index is 956. The van der Waals surface area contributed by atoms with Crippen molar-refractivity contribution in [3.05, 3.63) is 65.5 Å². The van der Waals surface area contributed by atoms with E-state index in [4.69, 9.17) is 4.74 Å². The quantitative estimate of drug-likeness (QED) is 0.603. The number of thioether (sulfide) groups is 1. The maximum absolute atomic E-state index is 12.1. The summed E-state index contributed by atoms with van der Waals surface area (Å²) in [6, 6.07) is 15.4. The Hall–Kier alpha value is -2.80. The van der Waals surface area contributed by atoms with Crippen LogP contribution in [0.25, 0.3) is 0 Å². The molecule has 0 saturated carbocycles. The summed E-state index contributed by atoms with van der Waals surface area (Å²) in [6.07, 6.45) is -0.257.